The lowest BCUT2D eigenvalue weighted by molar-refractivity contribution is -0.334. The van der Waals surface area contributed by atoms with Crippen LogP contribution in [0, 0.1) is 0 Å². The van der Waals surface area contributed by atoms with Crippen LogP contribution in [0.15, 0.2) is 12.7 Å². The van der Waals surface area contributed by atoms with E-state index in [-0.39, 0.29) is 0 Å². The first-order valence-corrected chi connectivity index (χ1v) is 2.40. The summed E-state index contributed by atoms with van der Waals surface area (Å²) in [6.45, 7) is 3.42. The molecular formula is C5H10O3. The number of aliphatic hydroxyl groups excluding tert-OH is 1. The molecular weight excluding hydrogens is 108 g/mol. The third-order valence-corrected chi connectivity index (χ3v) is 0.739. The largest absolute Gasteiger partial charge is 0.366 e. The fraction of sp³-hybridized carbons (Fsp3) is 0.600. The molecule has 3 heteroatoms. The van der Waals surface area contributed by atoms with Gasteiger partial charge >= 0.3 is 0 Å². The highest BCUT2D eigenvalue weighted by atomic mass is 17.1. The lowest BCUT2D eigenvalue weighted by Crippen LogP contribution is -2.07. The number of rotatable bonds is 4. The quantitative estimate of drug-likeness (QED) is 0.248. The van der Waals surface area contributed by atoms with Crippen molar-refractivity contribution in [3.8, 4) is 0 Å². The fourth-order valence-corrected chi connectivity index (χ4v) is 0.313. The van der Waals surface area contributed by atoms with Gasteiger partial charge in [-0.3, -0.25) is 0 Å². The summed E-state index contributed by atoms with van der Waals surface area (Å²) < 4.78 is 0. The lowest BCUT2D eigenvalue weighted by atomic mass is 10.3. The Hall–Kier alpha value is -0.380. The van der Waals surface area contributed by atoms with Gasteiger partial charge in [0, 0.05) is 6.42 Å². The van der Waals surface area contributed by atoms with Crippen molar-refractivity contribution in [1.29, 1.82) is 0 Å². The maximum absolute atomic E-state index is 8.47. The van der Waals surface area contributed by atoms with Gasteiger partial charge in [-0.05, 0) is 6.42 Å². The first-order valence-electron chi connectivity index (χ1n) is 2.40. The summed E-state index contributed by atoms with van der Waals surface area (Å²) >= 11 is 0. The van der Waals surface area contributed by atoms with Crippen LogP contribution in [-0.2, 0) is 4.89 Å². The van der Waals surface area contributed by atoms with E-state index in [0.717, 1.165) is 0 Å². The Morgan fingerprint density at radius 3 is 2.75 bits per heavy atom. The standard InChI is InChI=1S/C5H10O3/c1-2-3-4-5(6)8-7/h2,5-7H,1,3-4H2. The van der Waals surface area contributed by atoms with Crippen LogP contribution in [0.25, 0.3) is 0 Å². The van der Waals surface area contributed by atoms with Gasteiger partial charge in [0.05, 0.1) is 0 Å². The van der Waals surface area contributed by atoms with E-state index < -0.39 is 6.29 Å². The van der Waals surface area contributed by atoms with E-state index in [4.69, 9.17) is 10.4 Å². The van der Waals surface area contributed by atoms with Crippen LogP contribution in [0.4, 0.5) is 0 Å². The average Bonchev–Trinajstić information content (AvgIpc) is 1.83. The SMILES string of the molecule is C=CCCC(O)OO. The minimum absolute atomic E-state index is 0.389. The van der Waals surface area contributed by atoms with Crippen LogP contribution in [0.2, 0.25) is 0 Å². The molecule has 0 heterocycles. The van der Waals surface area contributed by atoms with Gasteiger partial charge in [0.15, 0.2) is 6.29 Å². The molecule has 0 amide bonds. The van der Waals surface area contributed by atoms with Crippen LogP contribution in [0.3, 0.4) is 0 Å². The second-order valence-electron chi connectivity index (χ2n) is 1.43. The van der Waals surface area contributed by atoms with Crippen molar-refractivity contribution < 1.29 is 15.3 Å². The van der Waals surface area contributed by atoms with E-state index >= 15 is 0 Å². The van der Waals surface area contributed by atoms with E-state index in [1.807, 2.05) is 0 Å². The predicted octanol–water partition coefficient (Wildman–Crippen LogP) is 0.761. The Morgan fingerprint density at radius 2 is 2.38 bits per heavy atom. The van der Waals surface area contributed by atoms with E-state index in [0.29, 0.717) is 12.8 Å². The Balaban J connectivity index is 2.97. The van der Waals surface area contributed by atoms with Crippen molar-refractivity contribution in [2.45, 2.75) is 19.1 Å². The third kappa shape index (κ3) is 3.80. The molecule has 0 rings (SSSR count). The molecule has 0 saturated carbocycles. The molecule has 0 aliphatic heterocycles. The average molecular weight is 118 g/mol. The maximum atomic E-state index is 8.47. The molecule has 0 spiro atoms. The van der Waals surface area contributed by atoms with E-state index in [1.54, 1.807) is 6.08 Å². The molecule has 0 aliphatic rings. The molecule has 3 nitrogen and oxygen atoms in total. The van der Waals surface area contributed by atoms with E-state index in [9.17, 15) is 0 Å². The van der Waals surface area contributed by atoms with Gasteiger partial charge in [0.25, 0.3) is 0 Å². The highest BCUT2D eigenvalue weighted by molar-refractivity contribution is 4.65. The molecule has 0 fully saturated rings. The molecule has 0 saturated heterocycles. The molecule has 8 heavy (non-hydrogen) atoms. The molecule has 0 aromatic heterocycles. The summed E-state index contributed by atoms with van der Waals surface area (Å²) in [6, 6.07) is 0. The van der Waals surface area contributed by atoms with Gasteiger partial charge in [0.2, 0.25) is 0 Å². The number of aliphatic hydroxyl groups is 1. The summed E-state index contributed by atoms with van der Waals surface area (Å²) in [6.07, 6.45) is 1.61. The van der Waals surface area contributed by atoms with Gasteiger partial charge in [-0.2, -0.15) is 0 Å². The second-order valence-corrected chi connectivity index (χ2v) is 1.43. The topological polar surface area (TPSA) is 49.7 Å². The van der Waals surface area contributed by atoms with Gasteiger partial charge in [-0.15, -0.1) is 6.58 Å². The molecule has 0 aliphatic carbocycles. The zero-order valence-corrected chi connectivity index (χ0v) is 4.58. The Labute approximate surface area is 48.1 Å². The van der Waals surface area contributed by atoms with Crippen molar-refractivity contribution >= 4 is 0 Å². The summed E-state index contributed by atoms with van der Waals surface area (Å²) in [4.78, 5) is 3.56. The van der Waals surface area contributed by atoms with Crippen molar-refractivity contribution in [2.75, 3.05) is 0 Å². The molecule has 2 N–H and O–H groups in total. The van der Waals surface area contributed by atoms with Crippen molar-refractivity contribution in [3.05, 3.63) is 12.7 Å². The highest BCUT2D eigenvalue weighted by Gasteiger charge is 1.98. The second kappa shape index (κ2) is 4.77. The molecule has 0 aromatic carbocycles. The summed E-state index contributed by atoms with van der Waals surface area (Å²) in [5.74, 6) is 0. The number of hydrogen-bond acceptors (Lipinski definition) is 3. The van der Waals surface area contributed by atoms with Crippen LogP contribution < -0.4 is 0 Å². The van der Waals surface area contributed by atoms with Crippen LogP contribution in [0.5, 0.6) is 0 Å². The summed E-state index contributed by atoms with van der Waals surface area (Å²) in [5.41, 5.74) is 0. The smallest absolute Gasteiger partial charge is 0.188 e. The van der Waals surface area contributed by atoms with Gasteiger partial charge < -0.3 is 5.11 Å². The maximum Gasteiger partial charge on any atom is 0.188 e. The zero-order valence-electron chi connectivity index (χ0n) is 4.58. The monoisotopic (exact) mass is 118 g/mol. The molecule has 1 atom stereocenters. The van der Waals surface area contributed by atoms with Gasteiger partial charge in [0.1, 0.15) is 0 Å². The number of hydrogen-bond donors (Lipinski definition) is 2. The summed E-state index contributed by atoms with van der Waals surface area (Å²) in [7, 11) is 0. The van der Waals surface area contributed by atoms with Crippen LogP contribution >= 0.6 is 0 Å². The first kappa shape index (κ1) is 7.62. The van der Waals surface area contributed by atoms with Crippen LogP contribution in [-0.4, -0.2) is 16.7 Å². The molecule has 0 aromatic rings. The van der Waals surface area contributed by atoms with E-state index in [1.165, 1.54) is 0 Å². The lowest BCUT2D eigenvalue weighted by Gasteiger charge is -2.01. The Morgan fingerprint density at radius 1 is 1.75 bits per heavy atom. The highest BCUT2D eigenvalue weighted by Crippen LogP contribution is 1.95. The first-order chi connectivity index (χ1) is 3.81. The third-order valence-electron chi connectivity index (χ3n) is 0.739. The zero-order chi connectivity index (χ0) is 6.41. The fourth-order valence-electron chi connectivity index (χ4n) is 0.313. The molecule has 1 unspecified atom stereocenters. The molecule has 48 valence electrons. The predicted molar refractivity (Wildman–Crippen MR) is 29.2 cm³/mol. The summed E-state index contributed by atoms with van der Waals surface area (Å²) in [5, 5.41) is 16.2. The van der Waals surface area contributed by atoms with Gasteiger partial charge in [-0.1, -0.05) is 6.08 Å². The van der Waals surface area contributed by atoms with Crippen LogP contribution in [0.1, 0.15) is 12.8 Å². The van der Waals surface area contributed by atoms with Crippen molar-refractivity contribution in [2.24, 2.45) is 0 Å². The normalized spacial score (nSPS) is 13.2. The molecule has 0 bridgehead atoms. The Bertz CT molecular complexity index is 62.7. The number of allylic oxidation sites excluding steroid dienone is 1. The van der Waals surface area contributed by atoms with Gasteiger partial charge in [-0.25, -0.2) is 10.1 Å². The minimum Gasteiger partial charge on any atom is -0.366 e. The van der Waals surface area contributed by atoms with E-state index in [2.05, 4.69) is 11.5 Å². The molecule has 0 radical (unpaired) electrons. The minimum atomic E-state index is -1.06. The Kier molecular flexibility index (Phi) is 4.54. The van der Waals surface area contributed by atoms with Crippen molar-refractivity contribution in [3.63, 3.8) is 0 Å². The van der Waals surface area contributed by atoms with Crippen molar-refractivity contribution in [1.82, 2.24) is 0 Å².